The Bertz CT molecular complexity index is 1150. The minimum atomic E-state index is -0.848. The maximum Gasteiger partial charge on any atom is 0.247 e. The van der Waals surface area contributed by atoms with Crippen LogP contribution >= 0.6 is 23.2 Å². The highest BCUT2D eigenvalue weighted by Crippen LogP contribution is 2.31. The predicted octanol–water partition coefficient (Wildman–Crippen LogP) is 5.87. The van der Waals surface area contributed by atoms with E-state index in [0.29, 0.717) is 29.5 Å². The van der Waals surface area contributed by atoms with E-state index in [0.717, 1.165) is 35.7 Å². The Morgan fingerprint density at radius 1 is 1.12 bits per heavy atom. The van der Waals surface area contributed by atoms with Crippen molar-refractivity contribution in [1.29, 1.82) is 0 Å². The molecule has 3 aromatic rings. The lowest BCUT2D eigenvalue weighted by Crippen LogP contribution is -2.49. The van der Waals surface area contributed by atoms with E-state index in [4.69, 9.17) is 23.2 Å². The monoisotopic (exact) mass is 499 g/mol. The minimum Gasteiger partial charge on any atom is -0.361 e. The first kappa shape index (κ1) is 24.6. The number of amides is 2. The molecular weight excluding hydrogens is 469 g/mol. The molecule has 1 heterocycles. The molecule has 1 aliphatic rings. The molecule has 7 heteroatoms. The van der Waals surface area contributed by atoms with Gasteiger partial charge in [0.15, 0.2) is 0 Å². The molecule has 1 fully saturated rings. The second-order valence-corrected chi connectivity index (χ2v) is 9.81. The van der Waals surface area contributed by atoms with Crippen LogP contribution < -0.4 is 5.32 Å². The predicted molar refractivity (Wildman–Crippen MR) is 138 cm³/mol. The Balaban J connectivity index is 1.64. The van der Waals surface area contributed by atoms with E-state index in [1.54, 1.807) is 11.0 Å². The van der Waals surface area contributed by atoms with Gasteiger partial charge in [0.1, 0.15) is 11.9 Å². The van der Waals surface area contributed by atoms with E-state index in [9.17, 15) is 9.59 Å². The largest absolute Gasteiger partial charge is 0.361 e. The van der Waals surface area contributed by atoms with Crippen LogP contribution in [0.25, 0.3) is 10.9 Å². The van der Waals surface area contributed by atoms with E-state index in [1.807, 2.05) is 42.6 Å². The summed E-state index contributed by atoms with van der Waals surface area (Å²) in [7, 11) is 0. The van der Waals surface area contributed by atoms with Gasteiger partial charge < -0.3 is 15.2 Å². The zero-order chi connectivity index (χ0) is 24.1. The molecule has 0 radical (unpaired) electrons. The van der Waals surface area contributed by atoms with Gasteiger partial charge in [-0.3, -0.25) is 9.59 Å². The minimum absolute atomic E-state index is 0.0906. The van der Waals surface area contributed by atoms with Crippen molar-refractivity contribution < 1.29 is 9.59 Å². The van der Waals surface area contributed by atoms with Crippen LogP contribution in [0.2, 0.25) is 5.02 Å². The van der Waals surface area contributed by atoms with Crippen molar-refractivity contribution >= 4 is 45.9 Å². The second-order valence-electron chi connectivity index (χ2n) is 9.13. The van der Waals surface area contributed by atoms with Crippen molar-refractivity contribution in [2.45, 2.75) is 51.1 Å². The molecule has 4 rings (SSSR count). The van der Waals surface area contributed by atoms with Crippen LogP contribution in [-0.4, -0.2) is 40.2 Å². The molecule has 0 saturated heterocycles. The molecule has 180 valence electrons. The summed E-state index contributed by atoms with van der Waals surface area (Å²) < 4.78 is 0. The molecule has 0 spiro atoms. The van der Waals surface area contributed by atoms with E-state index in [-0.39, 0.29) is 23.7 Å². The number of carbonyl (C=O) groups excluding carboxylic acids is 2. The highest BCUT2D eigenvalue weighted by molar-refractivity contribution is 6.31. The first-order valence-electron chi connectivity index (χ1n) is 11.9. The quantitative estimate of drug-likeness (QED) is 0.380. The zero-order valence-corrected chi connectivity index (χ0v) is 20.9. The average molecular weight is 500 g/mol. The fourth-order valence-corrected chi connectivity index (χ4v) is 5.39. The molecular formula is C27H31Cl2N3O2. The summed E-state index contributed by atoms with van der Waals surface area (Å²) in [4.78, 5) is 31.7. The smallest absolute Gasteiger partial charge is 0.247 e. The number of fused-ring (bicyclic) bond motifs is 1. The van der Waals surface area contributed by atoms with Gasteiger partial charge in [0.2, 0.25) is 11.8 Å². The summed E-state index contributed by atoms with van der Waals surface area (Å²) >= 11 is 12.6. The van der Waals surface area contributed by atoms with Crippen LogP contribution in [0, 0.1) is 5.92 Å². The SMILES string of the molecule is C[C@@H]1CCCC[C@@H]1NC(=O)[C@H](c1ccccc1Cl)N(CCc1c[nH]c2ccccc12)C(=O)CCl. The molecule has 1 saturated carbocycles. The number of nitrogens with zero attached hydrogens (tertiary/aromatic N) is 1. The number of hydrogen-bond donors (Lipinski definition) is 2. The van der Waals surface area contributed by atoms with Crippen molar-refractivity contribution in [3.05, 3.63) is 70.9 Å². The number of rotatable bonds is 8. The maximum absolute atomic E-state index is 13.7. The number of alkyl halides is 1. The molecule has 3 atom stereocenters. The number of benzene rings is 2. The number of aromatic nitrogens is 1. The van der Waals surface area contributed by atoms with Crippen molar-refractivity contribution in [2.75, 3.05) is 12.4 Å². The van der Waals surface area contributed by atoms with Crippen LogP contribution in [0.1, 0.15) is 49.8 Å². The van der Waals surface area contributed by atoms with Crippen LogP contribution in [0.3, 0.4) is 0 Å². The lowest BCUT2D eigenvalue weighted by molar-refractivity contribution is -0.139. The van der Waals surface area contributed by atoms with Crippen LogP contribution in [0.4, 0.5) is 0 Å². The molecule has 0 unspecified atom stereocenters. The average Bonchev–Trinajstić information content (AvgIpc) is 3.26. The van der Waals surface area contributed by atoms with Gasteiger partial charge >= 0.3 is 0 Å². The van der Waals surface area contributed by atoms with E-state index < -0.39 is 6.04 Å². The number of nitrogens with one attached hydrogen (secondary N) is 2. The number of hydrogen-bond acceptors (Lipinski definition) is 2. The van der Waals surface area contributed by atoms with Crippen LogP contribution in [0.5, 0.6) is 0 Å². The van der Waals surface area contributed by atoms with Crippen LogP contribution in [0.15, 0.2) is 54.7 Å². The number of carbonyl (C=O) groups is 2. The molecule has 1 aromatic heterocycles. The summed E-state index contributed by atoms with van der Waals surface area (Å²) in [5, 5.41) is 4.80. The summed E-state index contributed by atoms with van der Waals surface area (Å²) in [6, 6.07) is 14.5. The maximum atomic E-state index is 13.7. The number of halogens is 2. The van der Waals surface area contributed by atoms with Gasteiger partial charge in [-0.2, -0.15) is 0 Å². The Kier molecular flexibility index (Phi) is 8.17. The molecule has 34 heavy (non-hydrogen) atoms. The van der Waals surface area contributed by atoms with Gasteiger partial charge in [-0.1, -0.05) is 67.8 Å². The first-order valence-corrected chi connectivity index (χ1v) is 12.9. The molecule has 2 aromatic carbocycles. The van der Waals surface area contributed by atoms with E-state index in [1.165, 1.54) is 6.42 Å². The van der Waals surface area contributed by atoms with Gasteiger partial charge in [0.25, 0.3) is 0 Å². The lowest BCUT2D eigenvalue weighted by Gasteiger charge is -2.35. The Labute approximate surface area is 210 Å². The van der Waals surface area contributed by atoms with Gasteiger partial charge in [-0.05, 0) is 42.9 Å². The second kappa shape index (κ2) is 11.3. The summed E-state index contributed by atoms with van der Waals surface area (Å²) in [5.74, 6) is -0.308. The van der Waals surface area contributed by atoms with Gasteiger partial charge in [0.05, 0.1) is 0 Å². The molecule has 1 aliphatic carbocycles. The van der Waals surface area contributed by atoms with Crippen molar-refractivity contribution in [2.24, 2.45) is 5.92 Å². The van der Waals surface area contributed by atoms with Crippen molar-refractivity contribution in [1.82, 2.24) is 15.2 Å². The fraction of sp³-hybridized carbons (Fsp3) is 0.407. The highest BCUT2D eigenvalue weighted by atomic mass is 35.5. The third-order valence-corrected chi connectivity index (χ3v) is 7.50. The summed E-state index contributed by atoms with van der Waals surface area (Å²) in [6.45, 7) is 2.52. The Morgan fingerprint density at radius 3 is 2.62 bits per heavy atom. The summed E-state index contributed by atoms with van der Waals surface area (Å²) in [6.07, 6.45) is 6.86. The molecule has 2 N–H and O–H groups in total. The topological polar surface area (TPSA) is 65.2 Å². The third-order valence-electron chi connectivity index (χ3n) is 6.93. The fourth-order valence-electron chi connectivity index (χ4n) is 4.99. The highest BCUT2D eigenvalue weighted by Gasteiger charge is 2.34. The Morgan fingerprint density at radius 2 is 1.85 bits per heavy atom. The van der Waals surface area contributed by atoms with Gasteiger partial charge in [-0.25, -0.2) is 0 Å². The van der Waals surface area contributed by atoms with E-state index >= 15 is 0 Å². The number of H-pyrrole nitrogens is 1. The van der Waals surface area contributed by atoms with Gasteiger partial charge in [0, 0.05) is 40.3 Å². The molecule has 2 amide bonds. The standard InChI is InChI=1S/C27H31Cl2N3O2/c1-18-8-2-6-12-23(18)31-27(34)26(21-10-3-5-11-22(21)29)32(25(33)16-28)15-14-19-17-30-24-13-7-4-9-20(19)24/h3-5,7,9-11,13,17-18,23,26,30H,2,6,8,12,14-16H2,1H3,(H,31,34)/t18-,23+,26+/m1/s1. The van der Waals surface area contributed by atoms with E-state index in [2.05, 4.69) is 23.3 Å². The van der Waals surface area contributed by atoms with Crippen molar-refractivity contribution in [3.8, 4) is 0 Å². The van der Waals surface area contributed by atoms with Crippen LogP contribution in [-0.2, 0) is 16.0 Å². The van der Waals surface area contributed by atoms with Gasteiger partial charge in [-0.15, -0.1) is 11.6 Å². The van der Waals surface area contributed by atoms with Crippen molar-refractivity contribution in [3.63, 3.8) is 0 Å². The third kappa shape index (κ3) is 5.42. The Hall–Kier alpha value is -2.50. The molecule has 0 aliphatic heterocycles. The summed E-state index contributed by atoms with van der Waals surface area (Å²) in [5.41, 5.74) is 2.74. The first-order chi connectivity index (χ1) is 16.5. The lowest BCUT2D eigenvalue weighted by atomic mass is 9.85. The number of aromatic amines is 1. The molecule has 0 bridgehead atoms. The number of para-hydroxylation sites is 1. The molecule has 5 nitrogen and oxygen atoms in total. The normalized spacial score (nSPS) is 19.0. The zero-order valence-electron chi connectivity index (χ0n) is 19.4.